The van der Waals surface area contributed by atoms with E-state index in [2.05, 4.69) is 0 Å². The van der Waals surface area contributed by atoms with Crippen molar-refractivity contribution in [2.24, 2.45) is 11.8 Å². The molecule has 1 heterocycles. The van der Waals surface area contributed by atoms with Crippen LogP contribution in [0.15, 0.2) is 47.1 Å². The molecule has 0 radical (unpaired) electrons. The van der Waals surface area contributed by atoms with Crippen LogP contribution in [0.25, 0.3) is 0 Å². The summed E-state index contributed by atoms with van der Waals surface area (Å²) >= 11 is 0. The van der Waals surface area contributed by atoms with Crippen molar-refractivity contribution in [3.05, 3.63) is 48.5 Å². The maximum atomic E-state index is 11.5. The number of aliphatic hydroxyl groups is 2. The van der Waals surface area contributed by atoms with E-state index in [0.29, 0.717) is 6.42 Å². The van der Waals surface area contributed by atoms with Gasteiger partial charge in [-0.3, -0.25) is 0 Å². The Kier molecular flexibility index (Phi) is 11.1. The summed E-state index contributed by atoms with van der Waals surface area (Å²) in [6.07, 6.45) is 13.3. The summed E-state index contributed by atoms with van der Waals surface area (Å²) in [5.41, 5.74) is 0. The molecular formula is C25H38O6. The summed E-state index contributed by atoms with van der Waals surface area (Å²) in [7, 11) is 1.68. The number of furan rings is 1. The average Bonchev–Trinajstić information content (AvgIpc) is 3.32. The molecule has 6 nitrogen and oxygen atoms in total. The highest BCUT2D eigenvalue weighted by Crippen LogP contribution is 2.37. The maximum Gasteiger partial charge on any atom is 0.330 e. The number of rotatable bonds is 13. The van der Waals surface area contributed by atoms with Crippen LogP contribution in [0.5, 0.6) is 0 Å². The van der Waals surface area contributed by atoms with Crippen LogP contribution < -0.4 is 0 Å². The quantitative estimate of drug-likeness (QED) is 0.209. The number of unbranched alkanes of at least 4 members (excludes halogenated alkanes) is 2. The first kappa shape index (κ1) is 25.4. The molecule has 0 spiro atoms. The van der Waals surface area contributed by atoms with E-state index in [1.807, 2.05) is 44.2 Å². The van der Waals surface area contributed by atoms with Gasteiger partial charge in [0.25, 0.3) is 0 Å². The largest absolute Gasteiger partial charge is 0.469 e. The highest BCUT2D eigenvalue weighted by atomic mass is 16.5. The molecule has 2 N–H and O–H groups in total. The molecule has 1 aromatic rings. The van der Waals surface area contributed by atoms with Crippen LogP contribution in [0.3, 0.4) is 0 Å². The van der Waals surface area contributed by atoms with Crippen molar-refractivity contribution in [2.75, 3.05) is 7.11 Å². The van der Waals surface area contributed by atoms with Gasteiger partial charge in [0.1, 0.15) is 5.76 Å². The molecule has 1 aromatic heterocycles. The van der Waals surface area contributed by atoms with Gasteiger partial charge in [0, 0.05) is 31.9 Å². The number of methoxy groups -OCH3 is 1. The highest BCUT2D eigenvalue weighted by Gasteiger charge is 2.39. The first-order valence-electron chi connectivity index (χ1n) is 11.4. The summed E-state index contributed by atoms with van der Waals surface area (Å²) in [6, 6.07) is 3.83. The number of hydrogen-bond acceptors (Lipinski definition) is 6. The van der Waals surface area contributed by atoms with Gasteiger partial charge in [0.05, 0.1) is 30.7 Å². The third kappa shape index (κ3) is 9.01. The minimum atomic E-state index is -0.537. The highest BCUT2D eigenvalue weighted by molar-refractivity contribution is 5.81. The number of aliphatic hydroxyl groups excluding tert-OH is 2. The van der Waals surface area contributed by atoms with Gasteiger partial charge in [-0.05, 0) is 57.6 Å². The summed E-state index contributed by atoms with van der Waals surface area (Å²) in [6.45, 7) is 3.65. The van der Waals surface area contributed by atoms with E-state index >= 15 is 0 Å². The lowest BCUT2D eigenvalue weighted by molar-refractivity contribution is -0.141. The lowest BCUT2D eigenvalue weighted by Crippen LogP contribution is -2.21. The first-order chi connectivity index (χ1) is 14.9. The molecule has 0 bridgehead atoms. The van der Waals surface area contributed by atoms with Crippen molar-refractivity contribution in [1.82, 2.24) is 0 Å². The van der Waals surface area contributed by atoms with Crippen molar-refractivity contribution in [1.29, 1.82) is 0 Å². The van der Waals surface area contributed by atoms with Crippen LogP contribution in [0.1, 0.15) is 58.1 Å². The molecule has 1 saturated carbocycles. The third-order valence-electron chi connectivity index (χ3n) is 5.79. The molecule has 31 heavy (non-hydrogen) atoms. The van der Waals surface area contributed by atoms with Gasteiger partial charge in [0.15, 0.2) is 0 Å². The second-order valence-electron chi connectivity index (χ2n) is 8.56. The lowest BCUT2D eigenvalue weighted by atomic mass is 9.88. The smallest absolute Gasteiger partial charge is 0.330 e. The molecule has 174 valence electrons. The van der Waals surface area contributed by atoms with Crippen LogP contribution in [0, 0.1) is 11.8 Å². The zero-order valence-electron chi connectivity index (χ0n) is 19.0. The summed E-state index contributed by atoms with van der Waals surface area (Å²) in [5, 5.41) is 20.9. The van der Waals surface area contributed by atoms with Gasteiger partial charge in [-0.25, -0.2) is 4.79 Å². The van der Waals surface area contributed by atoms with Gasteiger partial charge < -0.3 is 24.1 Å². The van der Waals surface area contributed by atoms with Crippen LogP contribution in [-0.4, -0.2) is 47.7 Å². The van der Waals surface area contributed by atoms with Crippen LogP contribution in [0.2, 0.25) is 0 Å². The summed E-state index contributed by atoms with van der Waals surface area (Å²) < 4.78 is 16.0. The standard InChI is InChI=1S/C25H38O6/c1-18(2)31-25(28)11-7-5-4-6-10-21-22(24(27)17-23(21)26)15-14-19(29-3)12-13-20-9-8-16-30-20/h7-9,11,14-16,18-19,21-24,26-27H,4-6,10,12-13,17H2,1-3H3. The van der Waals surface area contributed by atoms with Gasteiger partial charge in [0.2, 0.25) is 0 Å². The summed E-state index contributed by atoms with van der Waals surface area (Å²) in [4.78, 5) is 11.5. The van der Waals surface area contributed by atoms with Gasteiger partial charge >= 0.3 is 5.97 Å². The molecule has 0 aromatic carbocycles. The zero-order valence-corrected chi connectivity index (χ0v) is 19.0. The van der Waals surface area contributed by atoms with E-state index < -0.39 is 12.2 Å². The molecule has 5 atom stereocenters. The van der Waals surface area contributed by atoms with Gasteiger partial charge in [-0.2, -0.15) is 0 Å². The van der Waals surface area contributed by atoms with E-state index in [9.17, 15) is 15.0 Å². The van der Waals surface area contributed by atoms with Crippen molar-refractivity contribution in [3.63, 3.8) is 0 Å². The number of carbonyl (C=O) groups excluding carboxylic acids is 1. The topological polar surface area (TPSA) is 89.1 Å². The van der Waals surface area contributed by atoms with Crippen molar-refractivity contribution >= 4 is 5.97 Å². The fourth-order valence-electron chi connectivity index (χ4n) is 4.15. The molecule has 1 aliphatic carbocycles. The Morgan fingerprint density at radius 2 is 2.10 bits per heavy atom. The molecule has 6 heteroatoms. The minimum absolute atomic E-state index is 0.0312. The molecule has 0 saturated heterocycles. The maximum absolute atomic E-state index is 11.5. The molecule has 0 aliphatic heterocycles. The predicted octanol–water partition coefficient (Wildman–Crippen LogP) is 4.21. The van der Waals surface area contributed by atoms with Crippen molar-refractivity contribution < 1.29 is 28.9 Å². The number of hydrogen-bond donors (Lipinski definition) is 2. The number of allylic oxidation sites excluding steroid dienone is 1. The predicted molar refractivity (Wildman–Crippen MR) is 119 cm³/mol. The summed E-state index contributed by atoms with van der Waals surface area (Å²) in [5.74, 6) is 0.571. The molecule has 5 unspecified atom stereocenters. The number of aryl methyl sites for hydroxylation is 1. The Balaban J connectivity index is 1.78. The first-order valence-corrected chi connectivity index (χ1v) is 11.4. The van der Waals surface area contributed by atoms with Crippen LogP contribution in [0.4, 0.5) is 0 Å². The normalized spacial score (nSPS) is 25.1. The molecule has 2 rings (SSSR count). The van der Waals surface area contributed by atoms with Crippen LogP contribution in [-0.2, 0) is 20.7 Å². The van der Waals surface area contributed by atoms with E-state index in [1.54, 1.807) is 13.4 Å². The molecule has 1 aliphatic rings. The van der Waals surface area contributed by atoms with Crippen molar-refractivity contribution in [3.8, 4) is 0 Å². The van der Waals surface area contributed by atoms with Gasteiger partial charge in [-0.1, -0.05) is 24.6 Å². The van der Waals surface area contributed by atoms with Crippen molar-refractivity contribution in [2.45, 2.75) is 83.2 Å². The molecule has 1 fully saturated rings. The molecule has 0 amide bonds. The number of esters is 1. The van der Waals surface area contributed by atoms with Gasteiger partial charge in [-0.15, -0.1) is 0 Å². The van der Waals surface area contributed by atoms with E-state index in [0.717, 1.165) is 44.3 Å². The SMILES string of the molecule is COC(C=CC1C(O)CC(O)C1CCCCC=CC(=O)OC(C)C)CCc1ccco1. The lowest BCUT2D eigenvalue weighted by Gasteiger charge is -2.21. The Morgan fingerprint density at radius 3 is 2.77 bits per heavy atom. The van der Waals surface area contributed by atoms with E-state index in [-0.39, 0.29) is 30.0 Å². The minimum Gasteiger partial charge on any atom is -0.469 e. The molecular weight excluding hydrogens is 396 g/mol. The Morgan fingerprint density at radius 1 is 1.29 bits per heavy atom. The second-order valence-corrected chi connectivity index (χ2v) is 8.56. The fourth-order valence-corrected chi connectivity index (χ4v) is 4.15. The number of carbonyl (C=O) groups is 1. The second kappa shape index (κ2) is 13.5. The fraction of sp³-hybridized carbons (Fsp3) is 0.640. The van der Waals surface area contributed by atoms with Crippen LogP contribution >= 0.6 is 0 Å². The zero-order chi connectivity index (χ0) is 22.6. The Bertz CT molecular complexity index is 678. The third-order valence-corrected chi connectivity index (χ3v) is 5.79. The number of ether oxygens (including phenoxy) is 2. The van der Waals surface area contributed by atoms with E-state index in [1.165, 1.54) is 6.08 Å². The average molecular weight is 435 g/mol. The monoisotopic (exact) mass is 434 g/mol. The Hall–Kier alpha value is -1.89. The van der Waals surface area contributed by atoms with E-state index in [4.69, 9.17) is 13.9 Å². The Labute approximate surface area is 185 Å².